The number of pyridine rings is 1. The fraction of sp³-hybridized carbons (Fsp3) is 0.385. The summed E-state index contributed by atoms with van der Waals surface area (Å²) in [6.45, 7) is 4.11. The fourth-order valence-corrected chi connectivity index (χ4v) is 3.40. The van der Waals surface area contributed by atoms with Crippen LogP contribution in [0.1, 0.15) is 22.6 Å². The molecule has 0 spiro atoms. The number of H-pyrrole nitrogens is 1. The van der Waals surface area contributed by atoms with Crippen molar-refractivity contribution >= 4 is 10.0 Å². The fourth-order valence-electron chi connectivity index (χ4n) is 2.05. The van der Waals surface area contributed by atoms with E-state index >= 15 is 0 Å². The van der Waals surface area contributed by atoms with Crippen molar-refractivity contribution in [1.29, 1.82) is 0 Å². The second kappa shape index (κ2) is 6.33. The van der Waals surface area contributed by atoms with Gasteiger partial charge in [0.1, 0.15) is 4.90 Å². The van der Waals surface area contributed by atoms with E-state index in [1.54, 1.807) is 20.2 Å². The standard InChI is InChI=1S/C13H19N5O2S/c1-9-5-4-6-15-11(9)8-16-21(19,20)13-10(2)17-18-12(13)7-14-3/h4-6,14,16H,7-8H2,1-3H3,(H,17,18). The van der Waals surface area contributed by atoms with E-state index in [1.165, 1.54) is 0 Å². The molecular weight excluding hydrogens is 290 g/mol. The quantitative estimate of drug-likeness (QED) is 0.726. The van der Waals surface area contributed by atoms with Crippen molar-refractivity contribution in [2.45, 2.75) is 31.8 Å². The van der Waals surface area contributed by atoms with Gasteiger partial charge < -0.3 is 5.32 Å². The van der Waals surface area contributed by atoms with E-state index in [9.17, 15) is 8.42 Å². The Morgan fingerprint density at radius 1 is 1.24 bits per heavy atom. The molecule has 0 aromatic carbocycles. The molecule has 0 amide bonds. The molecule has 0 atom stereocenters. The summed E-state index contributed by atoms with van der Waals surface area (Å²) >= 11 is 0. The van der Waals surface area contributed by atoms with Crippen LogP contribution >= 0.6 is 0 Å². The molecule has 0 aliphatic heterocycles. The lowest BCUT2D eigenvalue weighted by Crippen LogP contribution is -2.26. The summed E-state index contributed by atoms with van der Waals surface area (Å²) in [6, 6.07) is 3.71. The molecule has 2 rings (SSSR count). The maximum atomic E-state index is 12.5. The Labute approximate surface area is 124 Å². The number of sulfonamides is 1. The summed E-state index contributed by atoms with van der Waals surface area (Å²) in [6.07, 6.45) is 1.65. The van der Waals surface area contributed by atoms with Crippen molar-refractivity contribution in [3.63, 3.8) is 0 Å². The Hall–Kier alpha value is -1.77. The van der Waals surface area contributed by atoms with Crippen LogP contribution in [0.5, 0.6) is 0 Å². The van der Waals surface area contributed by atoms with Crippen molar-refractivity contribution in [2.75, 3.05) is 7.05 Å². The average molecular weight is 309 g/mol. The van der Waals surface area contributed by atoms with Gasteiger partial charge >= 0.3 is 0 Å². The van der Waals surface area contributed by atoms with Gasteiger partial charge in [0.2, 0.25) is 10.0 Å². The molecule has 0 saturated heterocycles. The third kappa shape index (κ3) is 3.46. The molecule has 0 bridgehead atoms. The topological polar surface area (TPSA) is 99.8 Å². The van der Waals surface area contributed by atoms with Crippen LogP contribution in [0.15, 0.2) is 23.2 Å². The number of rotatable bonds is 6. The van der Waals surface area contributed by atoms with Crippen molar-refractivity contribution in [2.24, 2.45) is 0 Å². The summed E-state index contributed by atoms with van der Waals surface area (Å²) in [5, 5.41) is 9.64. The van der Waals surface area contributed by atoms with Gasteiger partial charge in [-0.3, -0.25) is 10.1 Å². The molecule has 3 N–H and O–H groups in total. The van der Waals surface area contributed by atoms with Crippen molar-refractivity contribution in [1.82, 2.24) is 25.2 Å². The molecule has 0 aliphatic carbocycles. The Morgan fingerprint density at radius 3 is 2.67 bits per heavy atom. The van der Waals surface area contributed by atoms with E-state index in [1.807, 2.05) is 19.1 Å². The Bertz CT molecular complexity index is 724. The smallest absolute Gasteiger partial charge is 0.244 e. The van der Waals surface area contributed by atoms with E-state index in [0.717, 1.165) is 5.56 Å². The van der Waals surface area contributed by atoms with Gasteiger partial charge in [-0.05, 0) is 32.5 Å². The molecule has 0 saturated carbocycles. The minimum Gasteiger partial charge on any atom is -0.314 e. The van der Waals surface area contributed by atoms with E-state index in [2.05, 4.69) is 25.2 Å². The van der Waals surface area contributed by atoms with Crippen LogP contribution in [0, 0.1) is 13.8 Å². The lowest BCUT2D eigenvalue weighted by atomic mass is 10.2. The molecule has 2 aromatic rings. The predicted molar refractivity (Wildman–Crippen MR) is 79.1 cm³/mol. The van der Waals surface area contributed by atoms with Gasteiger partial charge in [0.05, 0.1) is 23.6 Å². The molecule has 0 radical (unpaired) electrons. The highest BCUT2D eigenvalue weighted by Crippen LogP contribution is 2.17. The molecule has 0 aliphatic rings. The normalized spacial score (nSPS) is 11.8. The van der Waals surface area contributed by atoms with Crippen molar-refractivity contribution in [3.8, 4) is 0 Å². The van der Waals surface area contributed by atoms with Crippen LogP contribution < -0.4 is 10.0 Å². The molecule has 21 heavy (non-hydrogen) atoms. The van der Waals surface area contributed by atoms with Gasteiger partial charge in [0.25, 0.3) is 0 Å². The predicted octanol–water partition coefficient (Wildman–Crippen LogP) is 0.619. The van der Waals surface area contributed by atoms with E-state index in [0.29, 0.717) is 23.6 Å². The van der Waals surface area contributed by atoms with Crippen LogP contribution in [0.25, 0.3) is 0 Å². The number of nitrogens with zero attached hydrogens (tertiary/aromatic N) is 2. The lowest BCUT2D eigenvalue weighted by Gasteiger charge is -2.09. The second-order valence-corrected chi connectivity index (χ2v) is 6.45. The molecule has 7 nitrogen and oxygen atoms in total. The number of hydrogen-bond acceptors (Lipinski definition) is 5. The van der Waals surface area contributed by atoms with Gasteiger partial charge in [-0.1, -0.05) is 6.07 Å². The molecule has 0 unspecified atom stereocenters. The lowest BCUT2D eigenvalue weighted by molar-refractivity contribution is 0.577. The zero-order chi connectivity index (χ0) is 15.5. The first-order valence-electron chi connectivity index (χ1n) is 6.54. The average Bonchev–Trinajstić information content (AvgIpc) is 2.80. The molecule has 2 heterocycles. The SMILES string of the molecule is CNCc1n[nH]c(C)c1S(=O)(=O)NCc1ncccc1C. The van der Waals surface area contributed by atoms with Crippen LogP contribution in [0.4, 0.5) is 0 Å². The summed E-state index contributed by atoms with van der Waals surface area (Å²) in [5.41, 5.74) is 2.64. The maximum absolute atomic E-state index is 12.5. The zero-order valence-electron chi connectivity index (χ0n) is 12.3. The van der Waals surface area contributed by atoms with Gasteiger partial charge in [0, 0.05) is 12.7 Å². The summed E-state index contributed by atoms with van der Waals surface area (Å²) < 4.78 is 27.5. The molecule has 0 fully saturated rings. The van der Waals surface area contributed by atoms with E-state index < -0.39 is 10.0 Å². The Morgan fingerprint density at radius 2 is 2.00 bits per heavy atom. The van der Waals surface area contributed by atoms with Crippen molar-refractivity contribution < 1.29 is 8.42 Å². The van der Waals surface area contributed by atoms with Gasteiger partial charge in [0.15, 0.2) is 0 Å². The number of aromatic nitrogens is 3. The highest BCUT2D eigenvalue weighted by atomic mass is 32.2. The van der Waals surface area contributed by atoms with Gasteiger partial charge in [-0.2, -0.15) is 5.10 Å². The van der Waals surface area contributed by atoms with Gasteiger partial charge in [-0.25, -0.2) is 13.1 Å². The molecular formula is C13H19N5O2S. The van der Waals surface area contributed by atoms with Crippen LogP contribution in [-0.2, 0) is 23.1 Å². The maximum Gasteiger partial charge on any atom is 0.244 e. The number of aryl methyl sites for hydroxylation is 2. The highest BCUT2D eigenvalue weighted by molar-refractivity contribution is 7.89. The summed E-state index contributed by atoms with van der Waals surface area (Å²) in [5.74, 6) is 0. The molecule has 114 valence electrons. The first kappa shape index (κ1) is 15.6. The minimum absolute atomic E-state index is 0.151. The van der Waals surface area contributed by atoms with Crippen molar-refractivity contribution in [3.05, 3.63) is 41.0 Å². The second-order valence-electron chi connectivity index (χ2n) is 4.75. The third-order valence-corrected chi connectivity index (χ3v) is 4.73. The Balaban J connectivity index is 2.23. The Kier molecular flexibility index (Phi) is 4.71. The highest BCUT2D eigenvalue weighted by Gasteiger charge is 2.23. The molecule has 8 heteroatoms. The zero-order valence-corrected chi connectivity index (χ0v) is 13.1. The number of hydrogen-bond donors (Lipinski definition) is 3. The summed E-state index contributed by atoms with van der Waals surface area (Å²) in [4.78, 5) is 4.38. The summed E-state index contributed by atoms with van der Waals surface area (Å²) in [7, 11) is -1.90. The number of nitrogens with one attached hydrogen (secondary N) is 3. The first-order chi connectivity index (χ1) is 9.95. The largest absolute Gasteiger partial charge is 0.314 e. The number of aromatic amines is 1. The van der Waals surface area contributed by atoms with E-state index in [-0.39, 0.29) is 11.4 Å². The third-order valence-electron chi connectivity index (χ3n) is 3.12. The van der Waals surface area contributed by atoms with Gasteiger partial charge in [-0.15, -0.1) is 0 Å². The van der Waals surface area contributed by atoms with Crippen LogP contribution in [-0.4, -0.2) is 30.6 Å². The molecule has 2 aromatic heterocycles. The van der Waals surface area contributed by atoms with E-state index in [4.69, 9.17) is 0 Å². The minimum atomic E-state index is -3.64. The first-order valence-corrected chi connectivity index (χ1v) is 8.02. The monoisotopic (exact) mass is 309 g/mol. The van der Waals surface area contributed by atoms with Crippen LogP contribution in [0.3, 0.4) is 0 Å². The van der Waals surface area contributed by atoms with Crippen LogP contribution in [0.2, 0.25) is 0 Å².